The number of carboxylic acids is 1. The van der Waals surface area contributed by atoms with Crippen LogP contribution in [-0.2, 0) is 16.1 Å². The summed E-state index contributed by atoms with van der Waals surface area (Å²) in [5, 5.41) is 19.0. The zero-order chi connectivity index (χ0) is 15.5. The first-order valence-corrected chi connectivity index (χ1v) is 6.83. The molecule has 114 valence electrons. The molecule has 0 aliphatic carbocycles. The number of hydrogen-bond acceptors (Lipinski definition) is 4. The maximum Gasteiger partial charge on any atom is 0.411 e. The fraction of sp³-hybridized carbons (Fsp3) is 0.467. The second kappa shape index (κ2) is 6.13. The van der Waals surface area contributed by atoms with E-state index in [1.165, 1.54) is 6.92 Å². The first-order valence-electron chi connectivity index (χ1n) is 6.83. The Kier molecular flexibility index (Phi) is 4.47. The van der Waals surface area contributed by atoms with Gasteiger partial charge in [0.1, 0.15) is 12.1 Å². The van der Waals surface area contributed by atoms with Crippen LogP contribution in [0.25, 0.3) is 0 Å². The topological polar surface area (TPSA) is 87.1 Å². The van der Waals surface area contributed by atoms with E-state index in [1.54, 1.807) is 0 Å². The number of amides is 1. The van der Waals surface area contributed by atoms with Crippen LogP contribution in [0.4, 0.5) is 4.79 Å². The first-order chi connectivity index (χ1) is 9.93. The van der Waals surface area contributed by atoms with Gasteiger partial charge in [0.15, 0.2) is 0 Å². The first kappa shape index (κ1) is 15.3. The molecule has 1 fully saturated rings. The molecule has 2 N–H and O–H groups in total. The number of aliphatic hydroxyl groups excluding tert-OH is 1. The fourth-order valence-corrected chi connectivity index (χ4v) is 2.38. The van der Waals surface area contributed by atoms with Crippen LogP contribution in [0, 0.1) is 0 Å². The number of rotatable bonds is 3. The molecule has 21 heavy (non-hydrogen) atoms. The number of hydrogen-bond donors (Lipinski definition) is 2. The van der Waals surface area contributed by atoms with E-state index in [1.807, 2.05) is 30.3 Å². The Bertz CT molecular complexity index is 518. The Labute approximate surface area is 122 Å². The molecule has 1 aliphatic heterocycles. The molecule has 0 bridgehead atoms. The predicted octanol–water partition coefficient (Wildman–Crippen LogP) is 1.62. The molecule has 0 radical (unpaired) electrons. The van der Waals surface area contributed by atoms with E-state index in [4.69, 9.17) is 4.74 Å². The molecular formula is C15H19NO5. The van der Waals surface area contributed by atoms with Gasteiger partial charge in [-0.2, -0.15) is 0 Å². The van der Waals surface area contributed by atoms with Crippen LogP contribution in [0.2, 0.25) is 0 Å². The number of carbonyl (C=O) groups excluding carboxylic acids is 1. The molecule has 0 aromatic heterocycles. The van der Waals surface area contributed by atoms with Gasteiger partial charge in [-0.15, -0.1) is 0 Å². The van der Waals surface area contributed by atoms with Gasteiger partial charge in [0.05, 0.1) is 12.6 Å². The molecule has 1 heterocycles. The highest BCUT2D eigenvalue weighted by Gasteiger charge is 2.47. The molecule has 1 aliphatic rings. The largest absolute Gasteiger partial charge is 0.480 e. The highest BCUT2D eigenvalue weighted by molar-refractivity contribution is 5.84. The molecule has 2 atom stereocenters. The van der Waals surface area contributed by atoms with Crippen molar-refractivity contribution in [2.75, 3.05) is 6.54 Å². The number of aliphatic carboxylic acids is 1. The van der Waals surface area contributed by atoms with Crippen molar-refractivity contribution >= 4 is 12.1 Å². The standard InChI is InChI=1S/C15H19NO5/c1-15(13(18)19)8-7-12(17)9-16(15)14(20)21-10-11-5-3-2-4-6-11/h2-6,12,17H,7-10H2,1H3,(H,18,19)/t12-,15+/m1/s1. The summed E-state index contributed by atoms with van der Waals surface area (Å²) < 4.78 is 5.17. The normalized spacial score (nSPS) is 25.4. The Balaban J connectivity index is 2.06. The molecule has 0 unspecified atom stereocenters. The minimum absolute atomic E-state index is 0.0313. The number of β-amino-alcohol motifs (C(OH)–C–C–N with tert-alkyl or cyclic N) is 1. The van der Waals surface area contributed by atoms with Gasteiger partial charge in [-0.1, -0.05) is 30.3 Å². The van der Waals surface area contributed by atoms with E-state index in [0.717, 1.165) is 10.5 Å². The summed E-state index contributed by atoms with van der Waals surface area (Å²) in [6.07, 6.45) is -0.890. The smallest absolute Gasteiger partial charge is 0.411 e. The highest BCUT2D eigenvalue weighted by Crippen LogP contribution is 2.29. The number of likely N-dealkylation sites (tertiary alicyclic amines) is 1. The van der Waals surface area contributed by atoms with Crippen LogP contribution < -0.4 is 0 Å². The maximum absolute atomic E-state index is 12.2. The Morgan fingerprint density at radius 2 is 2.05 bits per heavy atom. The summed E-state index contributed by atoms with van der Waals surface area (Å²) >= 11 is 0. The number of carboxylic acid groups (broad SMARTS) is 1. The molecular weight excluding hydrogens is 274 g/mol. The fourth-order valence-electron chi connectivity index (χ4n) is 2.38. The third-order valence-corrected chi connectivity index (χ3v) is 3.84. The lowest BCUT2D eigenvalue weighted by Gasteiger charge is -2.42. The second-order valence-electron chi connectivity index (χ2n) is 5.42. The van der Waals surface area contributed by atoms with Crippen molar-refractivity contribution in [3.05, 3.63) is 35.9 Å². The molecule has 1 aromatic carbocycles. The summed E-state index contributed by atoms with van der Waals surface area (Å²) in [5.41, 5.74) is -0.520. The van der Waals surface area contributed by atoms with Gasteiger partial charge in [0.25, 0.3) is 0 Å². The van der Waals surface area contributed by atoms with Crippen molar-refractivity contribution < 1.29 is 24.5 Å². The van der Waals surface area contributed by atoms with Crippen LogP contribution in [-0.4, -0.2) is 45.4 Å². The maximum atomic E-state index is 12.2. The summed E-state index contributed by atoms with van der Waals surface area (Å²) in [6.45, 7) is 1.52. The molecule has 6 heteroatoms. The van der Waals surface area contributed by atoms with Gasteiger partial charge in [-0.05, 0) is 25.3 Å². The average molecular weight is 293 g/mol. The van der Waals surface area contributed by atoms with E-state index in [2.05, 4.69) is 0 Å². The summed E-state index contributed by atoms with van der Waals surface area (Å²) in [7, 11) is 0. The minimum atomic E-state index is -1.34. The van der Waals surface area contributed by atoms with Gasteiger partial charge < -0.3 is 14.9 Å². The van der Waals surface area contributed by atoms with E-state index in [9.17, 15) is 19.8 Å². The Morgan fingerprint density at radius 1 is 1.38 bits per heavy atom. The van der Waals surface area contributed by atoms with E-state index in [0.29, 0.717) is 6.42 Å². The highest BCUT2D eigenvalue weighted by atomic mass is 16.6. The van der Waals surface area contributed by atoms with Crippen LogP contribution in [0.5, 0.6) is 0 Å². The predicted molar refractivity (Wildman–Crippen MR) is 74.6 cm³/mol. The zero-order valence-corrected chi connectivity index (χ0v) is 11.9. The number of piperidine rings is 1. The van der Waals surface area contributed by atoms with Gasteiger partial charge in [0, 0.05) is 0 Å². The van der Waals surface area contributed by atoms with E-state index >= 15 is 0 Å². The number of aliphatic hydroxyl groups is 1. The summed E-state index contributed by atoms with van der Waals surface area (Å²) in [6, 6.07) is 9.14. The number of nitrogens with zero attached hydrogens (tertiary/aromatic N) is 1. The van der Waals surface area contributed by atoms with Gasteiger partial charge in [-0.25, -0.2) is 9.59 Å². The molecule has 2 rings (SSSR count). The van der Waals surface area contributed by atoms with E-state index in [-0.39, 0.29) is 19.6 Å². The Hall–Kier alpha value is -2.08. The van der Waals surface area contributed by atoms with Gasteiger partial charge in [-0.3, -0.25) is 4.90 Å². The number of benzene rings is 1. The average Bonchev–Trinajstić information content (AvgIpc) is 2.48. The molecule has 1 aromatic rings. The molecule has 1 amide bonds. The SMILES string of the molecule is C[C@@]1(C(=O)O)CC[C@@H](O)CN1C(=O)OCc1ccccc1. The lowest BCUT2D eigenvalue weighted by Crippen LogP contribution is -2.60. The van der Waals surface area contributed by atoms with Crippen molar-refractivity contribution in [3.8, 4) is 0 Å². The van der Waals surface area contributed by atoms with Crippen molar-refractivity contribution in [2.45, 2.75) is 38.0 Å². The van der Waals surface area contributed by atoms with Crippen molar-refractivity contribution in [1.29, 1.82) is 0 Å². The lowest BCUT2D eigenvalue weighted by molar-refractivity contribution is -0.153. The molecule has 6 nitrogen and oxygen atoms in total. The van der Waals surface area contributed by atoms with Crippen molar-refractivity contribution in [1.82, 2.24) is 4.90 Å². The zero-order valence-electron chi connectivity index (χ0n) is 11.9. The van der Waals surface area contributed by atoms with Gasteiger partial charge in [0.2, 0.25) is 0 Å². The van der Waals surface area contributed by atoms with Crippen molar-refractivity contribution in [2.24, 2.45) is 0 Å². The van der Waals surface area contributed by atoms with Crippen LogP contribution >= 0.6 is 0 Å². The van der Waals surface area contributed by atoms with Crippen LogP contribution in [0.3, 0.4) is 0 Å². The monoisotopic (exact) mass is 293 g/mol. The van der Waals surface area contributed by atoms with Crippen LogP contribution in [0.1, 0.15) is 25.3 Å². The lowest BCUT2D eigenvalue weighted by atomic mass is 9.88. The molecule has 0 spiro atoms. The quantitative estimate of drug-likeness (QED) is 0.884. The molecule has 1 saturated heterocycles. The second-order valence-corrected chi connectivity index (χ2v) is 5.42. The minimum Gasteiger partial charge on any atom is -0.480 e. The number of carbonyl (C=O) groups is 2. The van der Waals surface area contributed by atoms with Crippen molar-refractivity contribution in [3.63, 3.8) is 0 Å². The molecule has 0 saturated carbocycles. The van der Waals surface area contributed by atoms with E-state index < -0.39 is 23.7 Å². The third kappa shape index (κ3) is 3.33. The van der Waals surface area contributed by atoms with Crippen LogP contribution in [0.15, 0.2) is 30.3 Å². The summed E-state index contributed by atoms with van der Waals surface area (Å²) in [4.78, 5) is 24.7. The third-order valence-electron chi connectivity index (χ3n) is 3.84. The number of ether oxygens (including phenoxy) is 1. The van der Waals surface area contributed by atoms with Gasteiger partial charge >= 0.3 is 12.1 Å². The summed E-state index contributed by atoms with van der Waals surface area (Å²) in [5.74, 6) is -1.09. The Morgan fingerprint density at radius 3 is 2.67 bits per heavy atom.